The number of nitrogens with one attached hydrogen (secondary N) is 1. The van der Waals surface area contributed by atoms with Gasteiger partial charge < -0.3 is 19.4 Å². The van der Waals surface area contributed by atoms with E-state index < -0.39 is 0 Å². The molecule has 29 heavy (non-hydrogen) atoms. The summed E-state index contributed by atoms with van der Waals surface area (Å²) >= 11 is 3.53. The van der Waals surface area contributed by atoms with Crippen LogP contribution < -0.4 is 5.32 Å². The number of halogens is 2. The van der Waals surface area contributed by atoms with Crippen molar-refractivity contribution in [3.8, 4) is 0 Å². The largest absolute Gasteiger partial charge is 0.352 e. The summed E-state index contributed by atoms with van der Waals surface area (Å²) in [6.07, 6.45) is 6.94. The highest BCUT2D eigenvalue weighted by atomic mass is 127. The Hall–Kier alpha value is -1.81. The third-order valence-electron chi connectivity index (χ3n) is 4.74. The summed E-state index contributed by atoms with van der Waals surface area (Å²) in [5.41, 5.74) is 2.54. The minimum Gasteiger partial charge on any atom is -0.352 e. The van der Waals surface area contributed by atoms with Crippen molar-refractivity contribution in [1.82, 2.24) is 24.3 Å². The van der Waals surface area contributed by atoms with E-state index in [1.807, 2.05) is 39.6 Å². The van der Waals surface area contributed by atoms with Crippen LogP contribution in [-0.2, 0) is 33.1 Å². The van der Waals surface area contributed by atoms with Gasteiger partial charge in [0.05, 0.1) is 13.1 Å². The molecule has 0 aliphatic heterocycles. The number of nitrogens with zero attached hydrogens (tertiary/aromatic N) is 5. The highest BCUT2D eigenvalue weighted by Gasteiger charge is 2.11. The minimum atomic E-state index is 0. The predicted octanol–water partition coefficient (Wildman–Crippen LogP) is 4.05. The molecule has 0 unspecified atom stereocenters. The summed E-state index contributed by atoms with van der Waals surface area (Å²) in [5, 5.41) is 3.43. The van der Waals surface area contributed by atoms with Gasteiger partial charge in [0.25, 0.3) is 0 Å². The van der Waals surface area contributed by atoms with E-state index in [4.69, 9.17) is 0 Å². The van der Waals surface area contributed by atoms with E-state index in [2.05, 4.69) is 81.8 Å². The van der Waals surface area contributed by atoms with Crippen molar-refractivity contribution >= 4 is 45.9 Å². The van der Waals surface area contributed by atoms with E-state index in [9.17, 15) is 0 Å². The Kier molecular flexibility index (Phi) is 9.22. The molecule has 6 nitrogen and oxygen atoms in total. The zero-order valence-electron chi connectivity index (χ0n) is 17.0. The molecule has 156 valence electrons. The molecule has 0 saturated heterocycles. The zero-order valence-corrected chi connectivity index (χ0v) is 21.0. The van der Waals surface area contributed by atoms with Crippen molar-refractivity contribution in [2.75, 3.05) is 14.1 Å². The average molecular weight is 571 g/mol. The van der Waals surface area contributed by atoms with Crippen LogP contribution in [0.3, 0.4) is 0 Å². The maximum absolute atomic E-state index is 4.51. The molecule has 2 aromatic heterocycles. The van der Waals surface area contributed by atoms with E-state index in [1.54, 1.807) is 0 Å². The molecule has 3 rings (SSSR count). The van der Waals surface area contributed by atoms with Gasteiger partial charge in [0.2, 0.25) is 0 Å². The van der Waals surface area contributed by atoms with Gasteiger partial charge in [-0.25, -0.2) is 4.98 Å². The lowest BCUT2D eigenvalue weighted by Crippen LogP contribution is -2.38. The standard InChI is InChI=1S/C21H27BrN6.HI/c1-23-21(27(3)16-19-13-18(22)15-26(19)2)25-14-20-24-10-12-28(20)11-9-17-7-5-4-6-8-17;/h4-8,10,12-13,15H,9,11,14,16H2,1-3H3,(H,23,25);1H. The number of rotatable bonds is 7. The molecule has 0 aliphatic carbocycles. The first-order valence-electron chi connectivity index (χ1n) is 9.33. The van der Waals surface area contributed by atoms with Crippen molar-refractivity contribution in [3.63, 3.8) is 0 Å². The lowest BCUT2D eigenvalue weighted by Gasteiger charge is -2.22. The van der Waals surface area contributed by atoms with Crippen molar-refractivity contribution in [2.24, 2.45) is 12.0 Å². The summed E-state index contributed by atoms with van der Waals surface area (Å²) in [6.45, 7) is 2.31. The Labute approximate surface area is 198 Å². The number of aromatic nitrogens is 3. The quantitative estimate of drug-likeness (QED) is 0.265. The maximum Gasteiger partial charge on any atom is 0.194 e. The highest BCUT2D eigenvalue weighted by molar-refractivity contribution is 14.0. The molecule has 0 bridgehead atoms. The molecule has 2 heterocycles. The molecule has 1 N–H and O–H groups in total. The molecule has 3 aromatic rings. The third-order valence-corrected chi connectivity index (χ3v) is 5.17. The Morgan fingerprint density at radius 3 is 2.69 bits per heavy atom. The van der Waals surface area contributed by atoms with Gasteiger partial charge >= 0.3 is 0 Å². The first-order chi connectivity index (χ1) is 13.6. The Morgan fingerprint density at radius 2 is 2.03 bits per heavy atom. The first kappa shape index (κ1) is 23.5. The lowest BCUT2D eigenvalue weighted by atomic mass is 10.1. The van der Waals surface area contributed by atoms with Gasteiger partial charge in [-0.1, -0.05) is 30.3 Å². The Balaban J connectivity index is 0.00000300. The van der Waals surface area contributed by atoms with Gasteiger partial charge in [-0.2, -0.15) is 0 Å². The molecule has 8 heteroatoms. The topological polar surface area (TPSA) is 50.4 Å². The smallest absolute Gasteiger partial charge is 0.194 e. The van der Waals surface area contributed by atoms with Crippen LogP contribution in [0.15, 0.2) is 64.5 Å². The molecule has 0 atom stereocenters. The molecule has 0 aliphatic rings. The maximum atomic E-state index is 4.51. The number of imidazole rings is 1. The summed E-state index contributed by atoms with van der Waals surface area (Å²) in [4.78, 5) is 11.0. The number of hydrogen-bond acceptors (Lipinski definition) is 2. The van der Waals surface area contributed by atoms with Crippen LogP contribution in [0.1, 0.15) is 17.1 Å². The third kappa shape index (κ3) is 6.60. The summed E-state index contributed by atoms with van der Waals surface area (Å²) < 4.78 is 5.40. The summed E-state index contributed by atoms with van der Waals surface area (Å²) in [6, 6.07) is 12.7. The molecular formula is C21H28BrIN6. The van der Waals surface area contributed by atoms with Gasteiger partial charge in [-0.05, 0) is 34.0 Å². The second-order valence-corrected chi connectivity index (χ2v) is 7.71. The number of guanidine groups is 1. The van der Waals surface area contributed by atoms with Gasteiger partial charge in [-0.15, -0.1) is 24.0 Å². The predicted molar refractivity (Wildman–Crippen MR) is 133 cm³/mol. The van der Waals surface area contributed by atoms with Crippen LogP contribution in [0, 0.1) is 0 Å². The van der Waals surface area contributed by atoms with Crippen LogP contribution in [0.4, 0.5) is 0 Å². The Bertz CT molecular complexity index is 918. The number of aliphatic imine (C=N–C) groups is 1. The van der Waals surface area contributed by atoms with Gasteiger partial charge in [-0.3, -0.25) is 4.99 Å². The average Bonchev–Trinajstić information content (AvgIpc) is 3.27. The van der Waals surface area contributed by atoms with E-state index in [0.717, 1.165) is 35.8 Å². The Morgan fingerprint density at radius 1 is 1.28 bits per heavy atom. The minimum absolute atomic E-state index is 0. The van der Waals surface area contributed by atoms with Crippen LogP contribution in [0.2, 0.25) is 0 Å². The number of hydrogen-bond donors (Lipinski definition) is 1. The molecule has 0 radical (unpaired) electrons. The zero-order chi connectivity index (χ0) is 19.9. The molecule has 0 saturated carbocycles. The van der Waals surface area contributed by atoms with E-state index >= 15 is 0 Å². The SMILES string of the molecule is CN=C(NCc1nccn1CCc1ccccc1)N(C)Cc1cc(Br)cn1C.I. The normalized spacial score (nSPS) is 11.2. The van der Waals surface area contributed by atoms with E-state index in [1.165, 1.54) is 11.3 Å². The van der Waals surface area contributed by atoms with Gasteiger partial charge in [0.15, 0.2) is 5.96 Å². The van der Waals surface area contributed by atoms with E-state index in [0.29, 0.717) is 6.54 Å². The fourth-order valence-corrected chi connectivity index (χ4v) is 3.76. The van der Waals surface area contributed by atoms with Gasteiger partial charge in [0, 0.05) is 56.4 Å². The molecule has 1 aromatic carbocycles. The van der Waals surface area contributed by atoms with Crippen LogP contribution in [0.5, 0.6) is 0 Å². The summed E-state index contributed by atoms with van der Waals surface area (Å²) in [5.74, 6) is 1.85. The second-order valence-electron chi connectivity index (χ2n) is 6.79. The first-order valence-corrected chi connectivity index (χ1v) is 10.1. The lowest BCUT2D eigenvalue weighted by molar-refractivity contribution is 0.459. The summed E-state index contributed by atoms with van der Waals surface area (Å²) in [7, 11) is 5.90. The van der Waals surface area contributed by atoms with Crippen LogP contribution in [-0.4, -0.2) is 39.1 Å². The fraction of sp³-hybridized carbons (Fsp3) is 0.333. The van der Waals surface area contributed by atoms with Gasteiger partial charge in [0.1, 0.15) is 5.82 Å². The van der Waals surface area contributed by atoms with Crippen LogP contribution in [0.25, 0.3) is 0 Å². The fourth-order valence-electron chi connectivity index (χ4n) is 3.19. The molecule has 0 spiro atoms. The molecule has 0 fully saturated rings. The van der Waals surface area contributed by atoms with Crippen molar-refractivity contribution in [2.45, 2.75) is 26.1 Å². The van der Waals surface area contributed by atoms with Crippen molar-refractivity contribution in [3.05, 3.63) is 76.5 Å². The molecule has 0 amide bonds. The number of benzene rings is 1. The van der Waals surface area contributed by atoms with Crippen molar-refractivity contribution < 1.29 is 0 Å². The van der Waals surface area contributed by atoms with E-state index in [-0.39, 0.29) is 24.0 Å². The monoisotopic (exact) mass is 570 g/mol. The molecular weight excluding hydrogens is 543 g/mol. The van der Waals surface area contributed by atoms with Crippen molar-refractivity contribution in [1.29, 1.82) is 0 Å². The second kappa shape index (κ2) is 11.4. The number of aryl methyl sites for hydroxylation is 3. The highest BCUT2D eigenvalue weighted by Crippen LogP contribution is 2.15. The van der Waals surface area contributed by atoms with Crippen LogP contribution >= 0.6 is 39.9 Å².